The van der Waals surface area contributed by atoms with Crippen LogP contribution in [0.2, 0.25) is 0 Å². The molecule has 0 aliphatic carbocycles. The SMILES string of the molecule is CC(C)NC(C)(CCN1CCN2CCCC2C1)C(N)=O. The van der Waals surface area contributed by atoms with Crippen LogP contribution in [-0.4, -0.2) is 66.1 Å². The maximum absolute atomic E-state index is 11.7. The molecule has 2 saturated heterocycles. The van der Waals surface area contributed by atoms with E-state index in [1.165, 1.54) is 25.9 Å². The van der Waals surface area contributed by atoms with Gasteiger partial charge in [-0.05, 0) is 46.6 Å². The Labute approximate surface area is 122 Å². The number of carbonyl (C=O) groups is 1. The molecule has 0 bridgehead atoms. The molecule has 0 spiro atoms. The predicted molar refractivity (Wildman–Crippen MR) is 81.5 cm³/mol. The summed E-state index contributed by atoms with van der Waals surface area (Å²) >= 11 is 0. The molecule has 0 aromatic carbocycles. The molecule has 20 heavy (non-hydrogen) atoms. The summed E-state index contributed by atoms with van der Waals surface area (Å²) in [7, 11) is 0. The number of hydrogen-bond donors (Lipinski definition) is 2. The van der Waals surface area contributed by atoms with Crippen LogP contribution in [-0.2, 0) is 4.79 Å². The third-order valence-corrected chi connectivity index (χ3v) is 4.75. The molecule has 2 unspecified atom stereocenters. The highest BCUT2D eigenvalue weighted by molar-refractivity contribution is 5.84. The lowest BCUT2D eigenvalue weighted by Crippen LogP contribution is -2.58. The second kappa shape index (κ2) is 6.41. The van der Waals surface area contributed by atoms with Crippen molar-refractivity contribution < 1.29 is 4.79 Å². The van der Waals surface area contributed by atoms with Gasteiger partial charge < -0.3 is 16.0 Å². The highest BCUT2D eigenvalue weighted by atomic mass is 16.1. The van der Waals surface area contributed by atoms with Gasteiger partial charge in [-0.3, -0.25) is 9.69 Å². The molecular weight excluding hydrogens is 252 g/mol. The van der Waals surface area contributed by atoms with Crippen LogP contribution in [0.4, 0.5) is 0 Å². The molecule has 0 aromatic rings. The number of piperazine rings is 1. The van der Waals surface area contributed by atoms with E-state index in [1.807, 2.05) is 6.92 Å². The first-order chi connectivity index (χ1) is 9.40. The number of nitrogens with zero attached hydrogens (tertiary/aromatic N) is 2. The zero-order valence-corrected chi connectivity index (χ0v) is 13.2. The molecule has 2 rings (SSSR count). The van der Waals surface area contributed by atoms with Crippen LogP contribution in [0, 0.1) is 0 Å². The van der Waals surface area contributed by atoms with Crippen molar-refractivity contribution in [2.45, 2.75) is 57.7 Å². The number of amides is 1. The first-order valence-electron chi connectivity index (χ1n) is 7.95. The summed E-state index contributed by atoms with van der Waals surface area (Å²) in [4.78, 5) is 16.8. The average Bonchev–Trinajstić information content (AvgIpc) is 2.82. The minimum absolute atomic E-state index is 0.245. The Morgan fingerprint density at radius 1 is 1.40 bits per heavy atom. The van der Waals surface area contributed by atoms with E-state index < -0.39 is 5.54 Å². The number of nitrogens with one attached hydrogen (secondary N) is 1. The van der Waals surface area contributed by atoms with Gasteiger partial charge in [-0.15, -0.1) is 0 Å². The number of rotatable bonds is 6. The topological polar surface area (TPSA) is 61.6 Å². The van der Waals surface area contributed by atoms with Crippen LogP contribution < -0.4 is 11.1 Å². The molecular formula is C15H30N4O. The Morgan fingerprint density at radius 3 is 2.80 bits per heavy atom. The largest absolute Gasteiger partial charge is 0.368 e. The lowest BCUT2D eigenvalue weighted by atomic mass is 9.95. The van der Waals surface area contributed by atoms with Crippen molar-refractivity contribution in [3.63, 3.8) is 0 Å². The maximum Gasteiger partial charge on any atom is 0.237 e. The van der Waals surface area contributed by atoms with Crippen LogP contribution in [0.15, 0.2) is 0 Å². The highest BCUT2D eigenvalue weighted by Crippen LogP contribution is 2.22. The number of fused-ring (bicyclic) bond motifs is 1. The van der Waals surface area contributed by atoms with Gasteiger partial charge in [0.2, 0.25) is 5.91 Å². The summed E-state index contributed by atoms with van der Waals surface area (Å²) in [5.41, 5.74) is 5.00. The molecule has 2 aliphatic heterocycles. The molecule has 0 radical (unpaired) electrons. The normalized spacial score (nSPS) is 27.5. The van der Waals surface area contributed by atoms with Gasteiger partial charge in [0.15, 0.2) is 0 Å². The molecule has 2 aliphatic rings. The summed E-state index contributed by atoms with van der Waals surface area (Å²) in [6.07, 6.45) is 3.45. The molecule has 3 N–H and O–H groups in total. The summed E-state index contributed by atoms with van der Waals surface area (Å²) in [5.74, 6) is -0.245. The third kappa shape index (κ3) is 3.71. The van der Waals surface area contributed by atoms with Crippen LogP contribution >= 0.6 is 0 Å². The van der Waals surface area contributed by atoms with Crippen molar-refractivity contribution in [3.8, 4) is 0 Å². The van der Waals surface area contributed by atoms with Crippen molar-refractivity contribution in [1.29, 1.82) is 0 Å². The lowest BCUT2D eigenvalue weighted by molar-refractivity contribution is -0.124. The van der Waals surface area contributed by atoms with E-state index in [1.54, 1.807) is 0 Å². The van der Waals surface area contributed by atoms with Gasteiger partial charge in [0, 0.05) is 38.3 Å². The van der Waals surface area contributed by atoms with E-state index in [-0.39, 0.29) is 11.9 Å². The Hall–Kier alpha value is -0.650. The monoisotopic (exact) mass is 282 g/mol. The number of primary amides is 1. The zero-order valence-electron chi connectivity index (χ0n) is 13.2. The summed E-state index contributed by atoms with van der Waals surface area (Å²) < 4.78 is 0. The van der Waals surface area contributed by atoms with Crippen molar-refractivity contribution in [2.24, 2.45) is 5.73 Å². The fourth-order valence-corrected chi connectivity index (χ4v) is 3.54. The molecule has 0 aromatic heterocycles. The molecule has 5 nitrogen and oxygen atoms in total. The lowest BCUT2D eigenvalue weighted by Gasteiger charge is -2.39. The van der Waals surface area contributed by atoms with Crippen LogP contribution in [0.5, 0.6) is 0 Å². The smallest absolute Gasteiger partial charge is 0.237 e. The Morgan fingerprint density at radius 2 is 2.15 bits per heavy atom. The molecule has 2 fully saturated rings. The van der Waals surface area contributed by atoms with Gasteiger partial charge in [-0.1, -0.05) is 0 Å². The van der Waals surface area contributed by atoms with Crippen LogP contribution in [0.3, 0.4) is 0 Å². The summed E-state index contributed by atoms with van der Waals surface area (Å²) in [6.45, 7) is 11.7. The molecule has 116 valence electrons. The molecule has 0 saturated carbocycles. The third-order valence-electron chi connectivity index (χ3n) is 4.75. The minimum Gasteiger partial charge on any atom is -0.368 e. The molecule has 5 heteroatoms. The summed E-state index contributed by atoms with van der Waals surface area (Å²) in [6, 6.07) is 1.00. The fraction of sp³-hybridized carbons (Fsp3) is 0.933. The van der Waals surface area contributed by atoms with Crippen molar-refractivity contribution >= 4 is 5.91 Å². The first kappa shape index (κ1) is 15.7. The maximum atomic E-state index is 11.7. The fourth-order valence-electron chi connectivity index (χ4n) is 3.54. The van der Waals surface area contributed by atoms with E-state index in [0.717, 1.165) is 32.1 Å². The molecule has 2 heterocycles. The minimum atomic E-state index is -0.596. The molecule has 1 amide bonds. The van der Waals surface area contributed by atoms with E-state index in [2.05, 4.69) is 29.0 Å². The van der Waals surface area contributed by atoms with E-state index >= 15 is 0 Å². The van der Waals surface area contributed by atoms with Gasteiger partial charge >= 0.3 is 0 Å². The summed E-state index contributed by atoms with van der Waals surface area (Å²) in [5, 5.41) is 3.33. The van der Waals surface area contributed by atoms with Crippen molar-refractivity contribution in [2.75, 3.05) is 32.7 Å². The quantitative estimate of drug-likeness (QED) is 0.740. The zero-order chi connectivity index (χ0) is 14.8. The molecule has 2 atom stereocenters. The van der Waals surface area contributed by atoms with Gasteiger partial charge in [0.1, 0.15) is 0 Å². The van der Waals surface area contributed by atoms with Gasteiger partial charge in [-0.25, -0.2) is 0 Å². The van der Waals surface area contributed by atoms with Crippen LogP contribution in [0.25, 0.3) is 0 Å². The van der Waals surface area contributed by atoms with E-state index in [4.69, 9.17) is 5.73 Å². The number of hydrogen-bond acceptors (Lipinski definition) is 4. The predicted octanol–water partition coefficient (Wildman–Crippen LogP) is 0.399. The van der Waals surface area contributed by atoms with E-state index in [9.17, 15) is 4.79 Å². The van der Waals surface area contributed by atoms with Crippen LogP contribution in [0.1, 0.15) is 40.0 Å². The van der Waals surface area contributed by atoms with Gasteiger partial charge in [0.25, 0.3) is 0 Å². The Balaban J connectivity index is 1.85. The number of carbonyl (C=O) groups excluding carboxylic acids is 1. The van der Waals surface area contributed by atoms with Crippen molar-refractivity contribution in [3.05, 3.63) is 0 Å². The standard InChI is InChI=1S/C15H30N4O/c1-12(2)17-15(3,14(16)20)6-8-18-9-10-19-7-4-5-13(19)11-18/h12-13,17H,4-11H2,1-3H3,(H2,16,20). The number of nitrogens with two attached hydrogens (primary N) is 1. The average molecular weight is 282 g/mol. The van der Waals surface area contributed by atoms with Gasteiger partial charge in [-0.2, -0.15) is 0 Å². The van der Waals surface area contributed by atoms with Crippen molar-refractivity contribution in [1.82, 2.24) is 15.1 Å². The van der Waals surface area contributed by atoms with Gasteiger partial charge in [0.05, 0.1) is 5.54 Å². The highest BCUT2D eigenvalue weighted by Gasteiger charge is 2.34. The second-order valence-electron chi connectivity index (χ2n) is 6.88. The second-order valence-corrected chi connectivity index (χ2v) is 6.88. The first-order valence-corrected chi connectivity index (χ1v) is 7.95. The Bertz CT molecular complexity index is 347. The Kier molecular flexibility index (Phi) is 5.04. The van der Waals surface area contributed by atoms with E-state index in [0.29, 0.717) is 0 Å².